The quantitative estimate of drug-likeness (QED) is 0.643. The largest absolute Gasteiger partial charge is 0.381 e. The van der Waals surface area contributed by atoms with Crippen molar-refractivity contribution in [3.63, 3.8) is 0 Å². The van der Waals surface area contributed by atoms with E-state index in [1.165, 1.54) is 6.07 Å². The summed E-state index contributed by atoms with van der Waals surface area (Å²) in [6.45, 7) is 4.00. The molecule has 0 aliphatic carbocycles. The van der Waals surface area contributed by atoms with E-state index in [0.717, 1.165) is 32.1 Å². The second-order valence-corrected chi connectivity index (χ2v) is 6.78. The van der Waals surface area contributed by atoms with Crippen LogP contribution in [0.15, 0.2) is 24.3 Å². The van der Waals surface area contributed by atoms with Gasteiger partial charge in [-0.2, -0.15) is 0 Å². The highest BCUT2D eigenvalue weighted by Crippen LogP contribution is 2.11. The molecule has 0 atom stereocenters. The lowest BCUT2D eigenvalue weighted by atomic mass is 10.2. The molecule has 2 N–H and O–H groups in total. The Morgan fingerprint density at radius 2 is 1.95 bits per heavy atom. The average Bonchev–Trinajstić information content (AvgIpc) is 2.44. The molecule has 0 heterocycles. The summed E-state index contributed by atoms with van der Waals surface area (Å²) in [5.41, 5.74) is 0.790. The predicted molar refractivity (Wildman–Crippen MR) is 87.6 cm³/mol. The number of hydrogen-bond donors (Lipinski definition) is 2. The highest BCUT2D eigenvalue weighted by Gasteiger charge is 2.07. The standard InChI is InChI=1S/C15H24N2O4S/c1-3-4-10-21-11-6-9-16-15(18)13-7-5-8-14(12-13)17-22(2,19)20/h5,7-8,12,17H,3-4,6,9-11H2,1-2H3,(H,16,18). The number of carbonyl (C=O) groups excluding carboxylic acids is 1. The van der Waals surface area contributed by atoms with E-state index in [9.17, 15) is 13.2 Å². The van der Waals surface area contributed by atoms with Crippen molar-refractivity contribution in [2.75, 3.05) is 30.7 Å². The van der Waals surface area contributed by atoms with Gasteiger partial charge in [0.25, 0.3) is 5.91 Å². The minimum Gasteiger partial charge on any atom is -0.381 e. The van der Waals surface area contributed by atoms with Crippen molar-refractivity contribution in [1.82, 2.24) is 5.32 Å². The van der Waals surface area contributed by atoms with E-state index in [1.807, 2.05) is 0 Å². The first-order valence-corrected chi connectivity index (χ1v) is 9.25. The molecule has 0 radical (unpaired) electrons. The van der Waals surface area contributed by atoms with Crippen LogP contribution >= 0.6 is 0 Å². The van der Waals surface area contributed by atoms with Crippen LogP contribution < -0.4 is 10.0 Å². The van der Waals surface area contributed by atoms with Gasteiger partial charge in [-0.15, -0.1) is 0 Å². The van der Waals surface area contributed by atoms with Crippen molar-refractivity contribution < 1.29 is 17.9 Å². The average molecular weight is 328 g/mol. The van der Waals surface area contributed by atoms with Crippen molar-refractivity contribution in [2.24, 2.45) is 0 Å². The lowest BCUT2D eigenvalue weighted by molar-refractivity contribution is 0.0940. The number of sulfonamides is 1. The molecule has 6 nitrogen and oxygen atoms in total. The van der Waals surface area contributed by atoms with E-state index >= 15 is 0 Å². The van der Waals surface area contributed by atoms with Crippen LogP contribution in [0.5, 0.6) is 0 Å². The normalized spacial score (nSPS) is 11.2. The number of amides is 1. The maximum Gasteiger partial charge on any atom is 0.251 e. The van der Waals surface area contributed by atoms with Crippen LogP contribution in [0.4, 0.5) is 5.69 Å². The molecule has 7 heteroatoms. The van der Waals surface area contributed by atoms with Crippen molar-refractivity contribution >= 4 is 21.6 Å². The summed E-state index contributed by atoms with van der Waals surface area (Å²) in [7, 11) is -3.35. The molecule has 0 saturated carbocycles. The van der Waals surface area contributed by atoms with Crippen molar-refractivity contribution in [3.05, 3.63) is 29.8 Å². The number of anilines is 1. The Bertz CT molecular complexity index is 573. The van der Waals surface area contributed by atoms with Gasteiger partial charge in [-0.05, 0) is 31.0 Å². The summed E-state index contributed by atoms with van der Waals surface area (Å²) in [5, 5.41) is 2.78. The van der Waals surface area contributed by atoms with Crippen LogP contribution in [0.1, 0.15) is 36.5 Å². The highest BCUT2D eigenvalue weighted by molar-refractivity contribution is 7.92. The van der Waals surface area contributed by atoms with E-state index in [4.69, 9.17) is 4.74 Å². The smallest absolute Gasteiger partial charge is 0.251 e. The molecule has 0 aliphatic rings. The SMILES string of the molecule is CCCCOCCCNC(=O)c1cccc(NS(C)(=O)=O)c1. The van der Waals surface area contributed by atoms with Gasteiger partial charge in [0.1, 0.15) is 0 Å². The Hall–Kier alpha value is -1.60. The molecule has 1 aromatic rings. The van der Waals surface area contributed by atoms with Crippen LogP contribution in [0.25, 0.3) is 0 Å². The number of hydrogen-bond acceptors (Lipinski definition) is 4. The molecular weight excluding hydrogens is 304 g/mol. The first-order valence-electron chi connectivity index (χ1n) is 7.36. The number of rotatable bonds is 10. The fraction of sp³-hybridized carbons (Fsp3) is 0.533. The minimum atomic E-state index is -3.35. The second-order valence-electron chi connectivity index (χ2n) is 5.03. The van der Waals surface area contributed by atoms with Gasteiger partial charge in [-0.3, -0.25) is 9.52 Å². The summed E-state index contributed by atoms with van der Waals surface area (Å²) in [4.78, 5) is 12.0. The molecular formula is C15H24N2O4S. The molecule has 1 aromatic carbocycles. The third kappa shape index (κ3) is 7.99. The van der Waals surface area contributed by atoms with Crippen LogP contribution in [0.2, 0.25) is 0 Å². The lowest BCUT2D eigenvalue weighted by Gasteiger charge is -2.08. The van der Waals surface area contributed by atoms with Gasteiger partial charge in [0.15, 0.2) is 0 Å². The van der Waals surface area contributed by atoms with Gasteiger partial charge in [-0.25, -0.2) is 8.42 Å². The summed E-state index contributed by atoms with van der Waals surface area (Å²) in [6, 6.07) is 6.38. The molecule has 1 amide bonds. The van der Waals surface area contributed by atoms with Crippen molar-refractivity contribution in [3.8, 4) is 0 Å². The van der Waals surface area contributed by atoms with Gasteiger partial charge < -0.3 is 10.1 Å². The van der Waals surface area contributed by atoms with Gasteiger partial charge >= 0.3 is 0 Å². The molecule has 0 fully saturated rings. The van der Waals surface area contributed by atoms with Crippen LogP contribution in [-0.4, -0.2) is 40.3 Å². The topological polar surface area (TPSA) is 84.5 Å². The zero-order valence-corrected chi connectivity index (χ0v) is 13.9. The molecule has 0 unspecified atom stereocenters. The zero-order valence-electron chi connectivity index (χ0n) is 13.1. The number of nitrogens with one attached hydrogen (secondary N) is 2. The highest BCUT2D eigenvalue weighted by atomic mass is 32.2. The molecule has 1 rings (SSSR count). The minimum absolute atomic E-state index is 0.231. The van der Waals surface area contributed by atoms with Gasteiger partial charge in [0.05, 0.1) is 6.26 Å². The number of benzene rings is 1. The van der Waals surface area contributed by atoms with E-state index in [1.54, 1.807) is 18.2 Å². The fourth-order valence-corrected chi connectivity index (χ4v) is 2.32. The number of unbranched alkanes of at least 4 members (excludes halogenated alkanes) is 1. The molecule has 0 aromatic heterocycles. The molecule has 0 aliphatic heterocycles. The first kappa shape index (κ1) is 18.4. The molecule has 0 spiro atoms. The molecule has 0 bridgehead atoms. The van der Waals surface area contributed by atoms with Crippen molar-refractivity contribution in [2.45, 2.75) is 26.2 Å². The Balaban J connectivity index is 2.38. The fourth-order valence-electron chi connectivity index (χ4n) is 1.76. The lowest BCUT2D eigenvalue weighted by Crippen LogP contribution is -2.25. The van der Waals surface area contributed by atoms with Gasteiger partial charge in [0, 0.05) is 31.0 Å². The maximum atomic E-state index is 12.0. The summed E-state index contributed by atoms with van der Waals surface area (Å²) < 4.78 is 30.1. The van der Waals surface area contributed by atoms with E-state index in [-0.39, 0.29) is 5.91 Å². The third-order valence-electron chi connectivity index (χ3n) is 2.82. The number of carbonyl (C=O) groups is 1. The van der Waals surface area contributed by atoms with Crippen LogP contribution in [0.3, 0.4) is 0 Å². The Morgan fingerprint density at radius 3 is 2.64 bits per heavy atom. The zero-order chi connectivity index (χ0) is 16.4. The summed E-state index contributed by atoms with van der Waals surface area (Å²) in [6.07, 6.45) is 3.97. The monoisotopic (exact) mass is 328 g/mol. The predicted octanol–water partition coefficient (Wildman–Crippen LogP) is 1.99. The third-order valence-corrected chi connectivity index (χ3v) is 3.43. The summed E-state index contributed by atoms with van der Waals surface area (Å²) >= 11 is 0. The second kappa shape index (κ2) is 9.42. The first-order chi connectivity index (χ1) is 10.4. The molecule has 0 saturated heterocycles. The van der Waals surface area contributed by atoms with Crippen molar-refractivity contribution in [1.29, 1.82) is 0 Å². The van der Waals surface area contributed by atoms with Gasteiger partial charge in [-0.1, -0.05) is 19.4 Å². The molecule has 22 heavy (non-hydrogen) atoms. The summed E-state index contributed by atoms with van der Waals surface area (Å²) in [5.74, 6) is -0.231. The van der Waals surface area contributed by atoms with Gasteiger partial charge in [0.2, 0.25) is 10.0 Å². The number of ether oxygens (including phenoxy) is 1. The van der Waals surface area contributed by atoms with E-state index in [2.05, 4.69) is 17.0 Å². The van der Waals surface area contributed by atoms with Crippen LogP contribution in [-0.2, 0) is 14.8 Å². The Morgan fingerprint density at radius 1 is 1.23 bits per heavy atom. The van der Waals surface area contributed by atoms with E-state index < -0.39 is 10.0 Å². The van der Waals surface area contributed by atoms with E-state index in [0.29, 0.717) is 24.4 Å². The molecule has 124 valence electrons. The Labute approximate surface area is 132 Å². The Kier molecular flexibility index (Phi) is 7.90. The van der Waals surface area contributed by atoms with Crippen LogP contribution in [0, 0.1) is 0 Å². The maximum absolute atomic E-state index is 12.0.